The molecule has 9 N–H and O–H groups in total. The molecule has 280 valence electrons. The largest absolute Gasteiger partial charge is 0.460 e. The van der Waals surface area contributed by atoms with Gasteiger partial charge in [-0.2, -0.15) is 0 Å². The molecule has 0 spiro atoms. The average molecular weight is 701 g/mol. The highest BCUT2D eigenvalue weighted by molar-refractivity contribution is 5.95. The van der Waals surface area contributed by atoms with Gasteiger partial charge in [0.1, 0.15) is 36.1 Å². The molecule has 0 unspecified atom stereocenters. The van der Waals surface area contributed by atoms with Gasteiger partial charge in [-0.1, -0.05) is 13.8 Å². The summed E-state index contributed by atoms with van der Waals surface area (Å²) >= 11 is 0. The number of hydrogen-bond donors (Lipinski definition) is 9. The number of allylic oxidation sites excluding steroid dienone is 1. The van der Waals surface area contributed by atoms with Crippen LogP contribution in [0.1, 0.15) is 86.5 Å². The highest BCUT2D eigenvalue weighted by Crippen LogP contribution is 2.68. The van der Waals surface area contributed by atoms with Crippen LogP contribution in [0, 0.1) is 28.6 Å². The fourth-order valence-corrected chi connectivity index (χ4v) is 10.3. The molecular weight excluding hydrogens is 644 g/mol. The Morgan fingerprint density at radius 3 is 2.27 bits per heavy atom. The van der Waals surface area contributed by atoms with E-state index in [2.05, 4.69) is 0 Å². The number of carbonyl (C=O) groups is 2. The molecule has 0 aromatic heterocycles. The lowest BCUT2D eigenvalue weighted by atomic mass is 9.45. The zero-order valence-electron chi connectivity index (χ0n) is 29.2. The van der Waals surface area contributed by atoms with Crippen LogP contribution in [0.3, 0.4) is 0 Å². The molecule has 1 aliphatic heterocycles. The van der Waals surface area contributed by atoms with Crippen LogP contribution in [0.4, 0.5) is 0 Å². The van der Waals surface area contributed by atoms with E-state index in [1.807, 2.05) is 6.92 Å². The smallest absolute Gasteiger partial charge is 0.303 e. The van der Waals surface area contributed by atoms with Crippen LogP contribution in [0.5, 0.6) is 0 Å². The molecular formula is C35H56O14. The number of carbonyl (C=O) groups excluding carboxylic acids is 2. The van der Waals surface area contributed by atoms with E-state index in [4.69, 9.17) is 14.2 Å². The lowest BCUT2D eigenvalue weighted by molar-refractivity contribution is -0.328. The zero-order chi connectivity index (χ0) is 36.6. The van der Waals surface area contributed by atoms with Crippen LogP contribution in [-0.2, 0) is 23.8 Å². The van der Waals surface area contributed by atoms with Crippen molar-refractivity contribution in [3.63, 3.8) is 0 Å². The second-order valence-electron chi connectivity index (χ2n) is 16.6. The second-order valence-corrected chi connectivity index (χ2v) is 16.6. The van der Waals surface area contributed by atoms with E-state index in [0.717, 1.165) is 0 Å². The van der Waals surface area contributed by atoms with Crippen LogP contribution in [0.25, 0.3) is 0 Å². The van der Waals surface area contributed by atoms with Crippen molar-refractivity contribution < 1.29 is 69.8 Å². The molecule has 1 heterocycles. The third kappa shape index (κ3) is 6.12. The third-order valence-corrected chi connectivity index (χ3v) is 13.2. The van der Waals surface area contributed by atoms with E-state index in [0.29, 0.717) is 18.4 Å². The minimum atomic E-state index is -1.77. The van der Waals surface area contributed by atoms with Crippen LogP contribution in [0.2, 0.25) is 0 Å². The topological polar surface area (TPSA) is 244 Å². The van der Waals surface area contributed by atoms with Gasteiger partial charge in [0.2, 0.25) is 0 Å². The van der Waals surface area contributed by atoms with Crippen LogP contribution in [-0.4, -0.2) is 136 Å². The predicted molar refractivity (Wildman–Crippen MR) is 170 cm³/mol. The molecule has 5 aliphatic rings. The van der Waals surface area contributed by atoms with Gasteiger partial charge < -0.3 is 60.2 Å². The number of fused-ring (bicyclic) bond motifs is 5. The van der Waals surface area contributed by atoms with E-state index in [1.165, 1.54) is 13.0 Å². The average Bonchev–Trinajstić information content (AvgIpc) is 3.30. The molecule has 4 fully saturated rings. The molecule has 3 saturated carbocycles. The normalized spacial score (nSPS) is 47.3. The summed E-state index contributed by atoms with van der Waals surface area (Å²) in [7, 11) is 0. The molecule has 14 heteroatoms. The van der Waals surface area contributed by atoms with Crippen molar-refractivity contribution in [2.75, 3.05) is 6.61 Å². The van der Waals surface area contributed by atoms with Crippen molar-refractivity contribution >= 4 is 11.8 Å². The third-order valence-electron chi connectivity index (χ3n) is 13.2. The van der Waals surface area contributed by atoms with Crippen molar-refractivity contribution in [1.82, 2.24) is 0 Å². The maximum absolute atomic E-state index is 13.6. The number of ether oxygens (including phenoxy) is 3. The van der Waals surface area contributed by atoms with E-state index < -0.39 is 113 Å². The summed E-state index contributed by atoms with van der Waals surface area (Å²) in [5.74, 6) is -2.77. The second kappa shape index (κ2) is 13.1. The first kappa shape index (κ1) is 38.7. The summed E-state index contributed by atoms with van der Waals surface area (Å²) in [5.41, 5.74) is -6.10. The molecule has 4 aliphatic carbocycles. The van der Waals surface area contributed by atoms with Gasteiger partial charge >= 0.3 is 5.97 Å². The monoisotopic (exact) mass is 700 g/mol. The quantitative estimate of drug-likeness (QED) is 0.134. The number of aliphatic hydroxyl groups excluding tert-OH is 7. The van der Waals surface area contributed by atoms with E-state index in [9.17, 15) is 55.5 Å². The molecule has 14 nitrogen and oxygen atoms in total. The summed E-state index contributed by atoms with van der Waals surface area (Å²) in [6.45, 7) is 9.11. The fraction of sp³-hybridized carbons (Fsp3) is 0.886. The highest BCUT2D eigenvalue weighted by Gasteiger charge is 2.70. The lowest BCUT2D eigenvalue weighted by Gasteiger charge is -2.62. The summed E-state index contributed by atoms with van der Waals surface area (Å²) in [4.78, 5) is 25.4. The maximum Gasteiger partial charge on any atom is 0.303 e. The first-order chi connectivity index (χ1) is 22.6. The van der Waals surface area contributed by atoms with Crippen molar-refractivity contribution in [3.05, 3.63) is 11.6 Å². The molecule has 1 saturated heterocycles. The van der Waals surface area contributed by atoms with Gasteiger partial charge in [-0.3, -0.25) is 9.59 Å². The van der Waals surface area contributed by atoms with Crippen LogP contribution in [0.15, 0.2) is 11.6 Å². The number of hydrogen-bond acceptors (Lipinski definition) is 14. The minimum Gasteiger partial charge on any atom is -0.460 e. The van der Waals surface area contributed by atoms with Gasteiger partial charge in [0.05, 0.1) is 36.1 Å². The van der Waals surface area contributed by atoms with Crippen molar-refractivity contribution in [2.24, 2.45) is 28.6 Å². The Hall–Kier alpha value is -1.56. The van der Waals surface area contributed by atoms with E-state index in [1.54, 1.807) is 27.7 Å². The standard InChI is InChI=1S/C35H56O14/c1-16(37)49-31(2,3)10-9-24(48-30-28(43)27(42)26(41)22(15-36)47-30)34(6,45)23-8-12-35(46)18-13-20(38)19-14-21(39)25(40)29(44)33(19,5)17(18)7-11-32(23,35)4/h13,17,19,21-30,36,39-46H,7-12,14-15H2,1-6H3/t17-,19-,21+,22+,23-,24+,25+,26-,27-,28+,29+,30+,32+,33+,34+,35+/m0/s1. The summed E-state index contributed by atoms with van der Waals surface area (Å²) in [6.07, 6.45) is -10.3. The molecule has 0 aromatic rings. The fourth-order valence-electron chi connectivity index (χ4n) is 10.3. The lowest BCUT2D eigenvalue weighted by Crippen LogP contribution is -2.67. The molecule has 16 atom stereocenters. The van der Waals surface area contributed by atoms with Gasteiger partial charge in [0, 0.05) is 23.7 Å². The predicted octanol–water partition coefficient (Wildman–Crippen LogP) is -0.780. The Morgan fingerprint density at radius 1 is 1.00 bits per heavy atom. The SMILES string of the molecule is CC(=O)OC(C)(C)CC[C@@H](O[C@H]1O[C@H](CO)[C@H](O)[C@H](O)[C@H]1O)[C@](C)(O)[C@H]1CC[C@@]2(O)C3=CC(=O)[C@@H]4C[C@@H](O)[C@@H](O)[C@@H](O)[C@]4(C)[C@H]3CC[C@]12C. The van der Waals surface area contributed by atoms with E-state index in [-0.39, 0.29) is 37.9 Å². The Kier molecular flexibility index (Phi) is 10.4. The van der Waals surface area contributed by atoms with Crippen LogP contribution >= 0.6 is 0 Å². The Labute approximate surface area is 286 Å². The Morgan fingerprint density at radius 2 is 1.65 bits per heavy atom. The minimum absolute atomic E-state index is 0.0124. The zero-order valence-corrected chi connectivity index (χ0v) is 29.2. The number of aliphatic hydroxyl groups is 9. The Balaban J connectivity index is 1.49. The van der Waals surface area contributed by atoms with Gasteiger partial charge in [-0.05, 0) is 89.2 Å². The molecule has 0 bridgehead atoms. The Bertz CT molecular complexity index is 1300. The van der Waals surface area contributed by atoms with E-state index >= 15 is 0 Å². The molecule has 5 rings (SSSR count). The van der Waals surface area contributed by atoms with Crippen molar-refractivity contribution in [2.45, 2.75) is 158 Å². The van der Waals surface area contributed by atoms with Gasteiger partial charge in [-0.25, -0.2) is 0 Å². The maximum atomic E-state index is 13.6. The molecule has 0 radical (unpaired) electrons. The summed E-state index contributed by atoms with van der Waals surface area (Å²) < 4.78 is 17.4. The summed E-state index contributed by atoms with van der Waals surface area (Å²) in [5, 5.41) is 99.0. The van der Waals surface area contributed by atoms with Gasteiger partial charge in [0.15, 0.2) is 12.1 Å². The number of rotatable bonds is 9. The van der Waals surface area contributed by atoms with Crippen molar-refractivity contribution in [1.29, 1.82) is 0 Å². The highest BCUT2D eigenvalue weighted by atomic mass is 16.7. The molecule has 0 aromatic carbocycles. The molecule has 49 heavy (non-hydrogen) atoms. The first-order valence-electron chi connectivity index (χ1n) is 17.5. The van der Waals surface area contributed by atoms with Crippen LogP contribution < -0.4 is 0 Å². The number of esters is 1. The first-order valence-corrected chi connectivity index (χ1v) is 17.5. The van der Waals surface area contributed by atoms with Gasteiger partial charge in [0.25, 0.3) is 0 Å². The summed E-state index contributed by atoms with van der Waals surface area (Å²) in [6, 6.07) is 0. The van der Waals surface area contributed by atoms with Gasteiger partial charge in [-0.15, -0.1) is 0 Å². The number of ketones is 1. The van der Waals surface area contributed by atoms with Crippen molar-refractivity contribution in [3.8, 4) is 0 Å². The molecule has 0 amide bonds.